The van der Waals surface area contributed by atoms with Crippen molar-refractivity contribution in [2.45, 2.75) is 52.1 Å². The second kappa shape index (κ2) is 13.7. The lowest BCUT2D eigenvalue weighted by Gasteiger charge is -2.21. The number of nitrogens with two attached hydrogens (primary N) is 1. The molecule has 0 heterocycles. The van der Waals surface area contributed by atoms with Crippen molar-refractivity contribution in [2.75, 3.05) is 4.31 Å². The molecule has 0 aromatic heterocycles. The quantitative estimate of drug-likeness (QED) is 0.124. The molecule has 0 amide bonds. The van der Waals surface area contributed by atoms with Crippen LogP contribution in [0.3, 0.4) is 0 Å². The number of ether oxygens (including phenoxy) is 1. The lowest BCUT2D eigenvalue weighted by molar-refractivity contribution is -0.134. The largest absolute Gasteiger partial charge is 0.426 e. The van der Waals surface area contributed by atoms with Crippen molar-refractivity contribution in [1.29, 1.82) is 5.41 Å². The molecule has 3 rings (SSSR count). The van der Waals surface area contributed by atoms with Crippen molar-refractivity contribution in [2.24, 2.45) is 5.73 Å². The summed E-state index contributed by atoms with van der Waals surface area (Å²) in [6.07, 6.45) is 3.33. The third kappa shape index (κ3) is 7.84. The SMILES string of the molecule is CCCC(=N)c1ccc(CCCC(=O)Oc2ccc(N(Cc3ccccc3)S(=O)O)cc2CN)cc1. The van der Waals surface area contributed by atoms with Crippen LogP contribution in [-0.2, 0) is 35.6 Å². The van der Waals surface area contributed by atoms with Crippen LogP contribution < -0.4 is 14.8 Å². The van der Waals surface area contributed by atoms with E-state index in [0.717, 1.165) is 36.0 Å². The number of nitrogens with zero attached hydrogens (tertiary/aromatic N) is 1. The standard InChI is InChI=1S/C28H33N3O4S/c1-2-7-26(30)23-14-12-21(13-15-23)10-6-11-28(32)35-27-17-16-25(18-24(27)19-29)31(36(33)34)20-22-8-4-3-5-9-22/h3-5,8-9,12-18,30H,2,6-7,10-11,19-20,29H2,1H3,(H,33,34). The van der Waals surface area contributed by atoms with Crippen LogP contribution in [0, 0.1) is 5.41 Å². The molecule has 4 N–H and O–H groups in total. The maximum absolute atomic E-state index is 12.5. The van der Waals surface area contributed by atoms with Crippen LogP contribution in [0.2, 0.25) is 0 Å². The van der Waals surface area contributed by atoms with Gasteiger partial charge in [-0.05, 0) is 54.2 Å². The third-order valence-corrected chi connectivity index (χ3v) is 6.50. The molecule has 0 radical (unpaired) electrons. The zero-order valence-corrected chi connectivity index (χ0v) is 21.3. The molecule has 0 bridgehead atoms. The van der Waals surface area contributed by atoms with Gasteiger partial charge in [-0.1, -0.05) is 67.9 Å². The third-order valence-electron chi connectivity index (χ3n) is 5.78. The van der Waals surface area contributed by atoms with E-state index in [0.29, 0.717) is 29.1 Å². The molecule has 190 valence electrons. The Morgan fingerprint density at radius 3 is 2.39 bits per heavy atom. The fourth-order valence-corrected chi connectivity index (χ4v) is 4.40. The van der Waals surface area contributed by atoms with Crippen molar-refractivity contribution >= 4 is 28.6 Å². The minimum atomic E-state index is -2.24. The number of rotatable bonds is 13. The van der Waals surface area contributed by atoms with Crippen molar-refractivity contribution in [3.05, 3.63) is 95.1 Å². The highest BCUT2D eigenvalue weighted by atomic mass is 32.2. The van der Waals surface area contributed by atoms with E-state index in [1.165, 1.54) is 4.31 Å². The highest BCUT2D eigenvalue weighted by Crippen LogP contribution is 2.27. The molecule has 1 atom stereocenters. The van der Waals surface area contributed by atoms with E-state index in [2.05, 4.69) is 6.92 Å². The van der Waals surface area contributed by atoms with E-state index >= 15 is 0 Å². The minimum absolute atomic E-state index is 0.118. The molecule has 0 spiro atoms. The summed E-state index contributed by atoms with van der Waals surface area (Å²) in [5.74, 6) is -0.000840. The number of esters is 1. The predicted molar refractivity (Wildman–Crippen MR) is 144 cm³/mol. The summed E-state index contributed by atoms with van der Waals surface area (Å²) in [6, 6.07) is 22.3. The summed E-state index contributed by atoms with van der Waals surface area (Å²) >= 11 is -2.24. The van der Waals surface area contributed by atoms with Gasteiger partial charge in [0.2, 0.25) is 0 Å². The predicted octanol–water partition coefficient (Wildman–Crippen LogP) is 5.38. The van der Waals surface area contributed by atoms with Crippen LogP contribution in [0.25, 0.3) is 0 Å². The van der Waals surface area contributed by atoms with Crippen LogP contribution in [0.15, 0.2) is 72.8 Å². The van der Waals surface area contributed by atoms with Crippen molar-refractivity contribution in [3.63, 3.8) is 0 Å². The second-order valence-electron chi connectivity index (χ2n) is 8.50. The van der Waals surface area contributed by atoms with Gasteiger partial charge in [-0.25, -0.2) is 4.21 Å². The Labute approximate surface area is 215 Å². The number of nitrogens with one attached hydrogen (secondary N) is 1. The molecule has 0 fully saturated rings. The summed E-state index contributed by atoms with van der Waals surface area (Å²) in [5.41, 5.74) is 10.6. The van der Waals surface area contributed by atoms with Crippen LogP contribution in [0.5, 0.6) is 5.75 Å². The highest BCUT2D eigenvalue weighted by Gasteiger charge is 2.16. The average molecular weight is 508 g/mol. The first-order valence-corrected chi connectivity index (χ1v) is 13.1. The number of carbonyl (C=O) groups excluding carboxylic acids is 1. The fraction of sp³-hybridized carbons (Fsp3) is 0.286. The molecule has 0 saturated carbocycles. The van der Waals surface area contributed by atoms with Gasteiger partial charge >= 0.3 is 5.97 Å². The Morgan fingerprint density at radius 2 is 1.75 bits per heavy atom. The number of carbonyl (C=O) groups is 1. The van der Waals surface area contributed by atoms with Gasteiger partial charge in [-0.3, -0.25) is 13.7 Å². The number of anilines is 1. The van der Waals surface area contributed by atoms with E-state index in [4.69, 9.17) is 15.9 Å². The van der Waals surface area contributed by atoms with Gasteiger partial charge in [-0.15, -0.1) is 0 Å². The molecule has 0 aliphatic carbocycles. The topological polar surface area (TPSA) is 117 Å². The molecular formula is C28H33N3O4S. The molecule has 8 heteroatoms. The van der Waals surface area contributed by atoms with Gasteiger partial charge in [0, 0.05) is 24.2 Å². The van der Waals surface area contributed by atoms with E-state index in [1.54, 1.807) is 18.2 Å². The summed E-state index contributed by atoms with van der Waals surface area (Å²) in [7, 11) is 0. The first-order valence-electron chi connectivity index (χ1n) is 12.0. The van der Waals surface area contributed by atoms with Crippen molar-refractivity contribution < 1.29 is 18.3 Å². The lowest BCUT2D eigenvalue weighted by atomic mass is 10.0. The summed E-state index contributed by atoms with van der Waals surface area (Å²) in [6.45, 7) is 2.42. The number of benzene rings is 3. The van der Waals surface area contributed by atoms with Gasteiger partial charge in [0.15, 0.2) is 0 Å². The molecule has 0 aliphatic heterocycles. The second-order valence-corrected chi connectivity index (χ2v) is 9.40. The van der Waals surface area contributed by atoms with Gasteiger partial charge in [0.1, 0.15) is 5.75 Å². The summed E-state index contributed by atoms with van der Waals surface area (Å²) in [4.78, 5) is 12.5. The summed E-state index contributed by atoms with van der Waals surface area (Å²) in [5, 5.41) is 8.04. The summed E-state index contributed by atoms with van der Waals surface area (Å²) < 4.78 is 28.7. The monoisotopic (exact) mass is 507 g/mol. The van der Waals surface area contributed by atoms with Crippen LogP contribution in [0.1, 0.15) is 54.9 Å². The van der Waals surface area contributed by atoms with Gasteiger partial charge in [0.25, 0.3) is 11.3 Å². The molecule has 7 nitrogen and oxygen atoms in total. The minimum Gasteiger partial charge on any atom is -0.426 e. The van der Waals surface area contributed by atoms with Gasteiger partial charge < -0.3 is 15.9 Å². The van der Waals surface area contributed by atoms with Crippen molar-refractivity contribution in [3.8, 4) is 5.75 Å². The highest BCUT2D eigenvalue weighted by molar-refractivity contribution is 7.80. The Balaban J connectivity index is 1.58. The molecule has 36 heavy (non-hydrogen) atoms. The fourth-order valence-electron chi connectivity index (χ4n) is 3.84. The Hall–Kier alpha value is -3.33. The van der Waals surface area contributed by atoms with Crippen molar-refractivity contribution in [1.82, 2.24) is 0 Å². The van der Waals surface area contributed by atoms with E-state index in [1.807, 2.05) is 54.6 Å². The average Bonchev–Trinajstić information content (AvgIpc) is 2.88. The zero-order chi connectivity index (χ0) is 25.9. The van der Waals surface area contributed by atoms with Gasteiger partial charge in [-0.2, -0.15) is 0 Å². The molecule has 3 aromatic carbocycles. The maximum atomic E-state index is 12.5. The van der Waals surface area contributed by atoms with Crippen LogP contribution >= 0.6 is 0 Å². The molecule has 3 aromatic rings. The molecule has 0 aliphatic rings. The molecule has 0 saturated heterocycles. The number of aryl methyl sites for hydroxylation is 1. The van der Waals surface area contributed by atoms with E-state index < -0.39 is 11.3 Å². The zero-order valence-electron chi connectivity index (χ0n) is 20.5. The number of hydrogen-bond donors (Lipinski definition) is 3. The van der Waals surface area contributed by atoms with E-state index in [-0.39, 0.29) is 25.5 Å². The first kappa shape index (κ1) is 27.3. The first-order chi connectivity index (χ1) is 17.4. The Bertz CT molecular complexity index is 1180. The molecular weight excluding hydrogens is 474 g/mol. The van der Waals surface area contributed by atoms with Crippen LogP contribution in [-0.4, -0.2) is 20.4 Å². The normalized spacial score (nSPS) is 11.6. The van der Waals surface area contributed by atoms with Gasteiger partial charge in [0.05, 0.1) is 12.2 Å². The van der Waals surface area contributed by atoms with Crippen LogP contribution in [0.4, 0.5) is 5.69 Å². The Morgan fingerprint density at radius 1 is 1.03 bits per heavy atom. The maximum Gasteiger partial charge on any atom is 0.311 e. The van der Waals surface area contributed by atoms with E-state index in [9.17, 15) is 13.6 Å². The number of hydrogen-bond acceptors (Lipinski definition) is 5. The lowest BCUT2D eigenvalue weighted by Crippen LogP contribution is -2.25. The molecule has 1 unspecified atom stereocenters. The smallest absolute Gasteiger partial charge is 0.311 e. The Kier molecular flexibility index (Phi) is 10.4.